The number of rotatable bonds is 3. The van der Waals surface area contributed by atoms with E-state index in [1.165, 1.54) is 0 Å². The average Bonchev–Trinajstić information content (AvgIpc) is 2.37. The Balaban J connectivity index is 2.33. The van der Waals surface area contributed by atoms with Gasteiger partial charge in [-0.05, 0) is 18.2 Å². The quantitative estimate of drug-likeness (QED) is 0.781. The van der Waals surface area contributed by atoms with E-state index >= 15 is 0 Å². The highest BCUT2D eigenvalue weighted by atomic mass is 35.5. The molecule has 0 atom stereocenters. The topological polar surface area (TPSA) is 46.1 Å². The molecule has 88 valence electrons. The molecule has 1 amide bonds. The zero-order chi connectivity index (χ0) is 12.3. The van der Waals surface area contributed by atoms with Gasteiger partial charge < -0.3 is 4.90 Å². The molecule has 0 fully saturated rings. The fourth-order valence-electron chi connectivity index (χ4n) is 1.55. The highest BCUT2D eigenvalue weighted by molar-refractivity contribution is 6.18. The van der Waals surface area contributed by atoms with Crippen LogP contribution in [0, 0.1) is 0 Å². The molecule has 5 heteroatoms. The number of aromatic nitrogens is 2. The van der Waals surface area contributed by atoms with Gasteiger partial charge in [-0.15, -0.1) is 11.6 Å². The summed E-state index contributed by atoms with van der Waals surface area (Å²) in [6.45, 7) is 0.527. The lowest BCUT2D eigenvalue weighted by Crippen LogP contribution is -2.28. The van der Waals surface area contributed by atoms with E-state index < -0.39 is 0 Å². The molecule has 0 aliphatic rings. The van der Waals surface area contributed by atoms with Crippen molar-refractivity contribution < 1.29 is 4.79 Å². The van der Waals surface area contributed by atoms with E-state index in [4.69, 9.17) is 11.6 Å². The number of nitrogens with zero attached hydrogens (tertiary/aromatic N) is 3. The second-order valence-electron chi connectivity index (χ2n) is 3.68. The van der Waals surface area contributed by atoms with E-state index in [0.717, 1.165) is 11.0 Å². The monoisotopic (exact) mass is 249 g/mol. The van der Waals surface area contributed by atoms with Crippen molar-refractivity contribution in [2.24, 2.45) is 0 Å². The minimum absolute atomic E-state index is 0.0572. The fourth-order valence-corrected chi connectivity index (χ4v) is 1.80. The Bertz CT molecular complexity index is 544. The standard InChI is InChI=1S/C12H12ClN3O/c1-16(7-4-13)12(17)9-2-3-10-11(8-9)15-6-5-14-10/h2-3,5-6,8H,4,7H2,1H3. The van der Waals surface area contributed by atoms with Crippen LogP contribution in [0.25, 0.3) is 11.0 Å². The van der Waals surface area contributed by atoms with Crippen molar-refractivity contribution in [3.05, 3.63) is 36.2 Å². The fraction of sp³-hybridized carbons (Fsp3) is 0.250. The summed E-state index contributed by atoms with van der Waals surface area (Å²) >= 11 is 5.61. The van der Waals surface area contributed by atoms with Crippen molar-refractivity contribution in [2.45, 2.75) is 0 Å². The first kappa shape index (κ1) is 11.8. The third-order valence-corrected chi connectivity index (χ3v) is 2.65. The van der Waals surface area contributed by atoms with Gasteiger partial charge in [0.25, 0.3) is 5.91 Å². The molecule has 0 unspecified atom stereocenters. The summed E-state index contributed by atoms with van der Waals surface area (Å²) in [5.41, 5.74) is 2.10. The SMILES string of the molecule is CN(CCCl)C(=O)c1ccc2nccnc2c1. The van der Waals surface area contributed by atoms with Crippen LogP contribution < -0.4 is 0 Å². The van der Waals surface area contributed by atoms with Crippen molar-refractivity contribution in [3.63, 3.8) is 0 Å². The molecule has 2 rings (SSSR count). The first-order valence-corrected chi connectivity index (χ1v) is 5.78. The summed E-state index contributed by atoms with van der Waals surface area (Å²) in [7, 11) is 1.73. The molecule has 0 bridgehead atoms. The zero-order valence-electron chi connectivity index (χ0n) is 9.43. The van der Waals surface area contributed by atoms with Crippen molar-refractivity contribution in [2.75, 3.05) is 19.5 Å². The number of halogens is 1. The number of fused-ring (bicyclic) bond motifs is 1. The molecule has 17 heavy (non-hydrogen) atoms. The van der Waals surface area contributed by atoms with Crippen LogP contribution >= 0.6 is 11.6 Å². The van der Waals surface area contributed by atoms with E-state index in [-0.39, 0.29) is 5.91 Å². The van der Waals surface area contributed by atoms with Crippen LogP contribution in [-0.4, -0.2) is 40.2 Å². The molecule has 0 saturated heterocycles. The van der Waals surface area contributed by atoms with Crippen LogP contribution in [0.4, 0.5) is 0 Å². The Morgan fingerprint density at radius 3 is 2.71 bits per heavy atom. The molecule has 4 nitrogen and oxygen atoms in total. The Morgan fingerprint density at radius 1 is 1.29 bits per heavy atom. The summed E-state index contributed by atoms with van der Waals surface area (Å²) in [6.07, 6.45) is 3.24. The maximum absolute atomic E-state index is 12.0. The summed E-state index contributed by atoms with van der Waals surface area (Å²) in [6, 6.07) is 5.30. The number of benzene rings is 1. The van der Waals surface area contributed by atoms with Crippen molar-refractivity contribution in [3.8, 4) is 0 Å². The Labute approximate surface area is 104 Å². The van der Waals surface area contributed by atoms with Gasteiger partial charge >= 0.3 is 0 Å². The predicted octanol–water partition coefficient (Wildman–Crippen LogP) is 1.94. The maximum Gasteiger partial charge on any atom is 0.253 e. The van der Waals surface area contributed by atoms with Crippen LogP contribution in [-0.2, 0) is 0 Å². The number of hydrogen-bond donors (Lipinski definition) is 0. The van der Waals surface area contributed by atoms with Gasteiger partial charge in [-0.2, -0.15) is 0 Å². The molecule has 1 aromatic heterocycles. The Hall–Kier alpha value is -1.68. The van der Waals surface area contributed by atoms with Crippen LogP contribution in [0.3, 0.4) is 0 Å². The van der Waals surface area contributed by atoms with Crippen molar-refractivity contribution in [1.82, 2.24) is 14.9 Å². The lowest BCUT2D eigenvalue weighted by Gasteiger charge is -2.15. The molecule has 1 heterocycles. The Kier molecular flexibility index (Phi) is 3.54. The van der Waals surface area contributed by atoms with E-state index in [2.05, 4.69) is 9.97 Å². The van der Waals surface area contributed by atoms with E-state index in [1.54, 1.807) is 42.5 Å². The minimum Gasteiger partial charge on any atom is -0.341 e. The molecule has 2 aromatic rings. The molecule has 0 aliphatic carbocycles. The number of alkyl halides is 1. The van der Waals surface area contributed by atoms with Crippen LogP contribution in [0.2, 0.25) is 0 Å². The molecule has 0 radical (unpaired) electrons. The van der Waals surface area contributed by atoms with E-state index in [0.29, 0.717) is 18.0 Å². The van der Waals surface area contributed by atoms with Gasteiger partial charge in [0.1, 0.15) is 0 Å². The predicted molar refractivity (Wildman–Crippen MR) is 67.2 cm³/mol. The number of hydrogen-bond acceptors (Lipinski definition) is 3. The molecular formula is C12H12ClN3O. The first-order valence-electron chi connectivity index (χ1n) is 5.24. The third kappa shape index (κ3) is 2.53. The van der Waals surface area contributed by atoms with Crippen LogP contribution in [0.5, 0.6) is 0 Å². The van der Waals surface area contributed by atoms with Gasteiger partial charge in [0.05, 0.1) is 11.0 Å². The lowest BCUT2D eigenvalue weighted by atomic mass is 10.1. The average molecular weight is 250 g/mol. The van der Waals surface area contributed by atoms with Crippen molar-refractivity contribution in [1.29, 1.82) is 0 Å². The number of carbonyl (C=O) groups is 1. The van der Waals surface area contributed by atoms with Gasteiger partial charge in [-0.1, -0.05) is 0 Å². The van der Waals surface area contributed by atoms with Gasteiger partial charge in [0.2, 0.25) is 0 Å². The highest BCUT2D eigenvalue weighted by Gasteiger charge is 2.11. The summed E-state index contributed by atoms with van der Waals surface area (Å²) < 4.78 is 0. The zero-order valence-corrected chi connectivity index (χ0v) is 10.2. The maximum atomic E-state index is 12.0. The number of carbonyl (C=O) groups excluding carboxylic acids is 1. The first-order chi connectivity index (χ1) is 8.22. The largest absolute Gasteiger partial charge is 0.341 e. The summed E-state index contributed by atoms with van der Waals surface area (Å²) in [5.74, 6) is 0.369. The second-order valence-corrected chi connectivity index (χ2v) is 4.05. The van der Waals surface area contributed by atoms with Gasteiger partial charge in [0.15, 0.2) is 0 Å². The van der Waals surface area contributed by atoms with Gasteiger partial charge in [-0.25, -0.2) is 0 Å². The number of amides is 1. The molecule has 1 aromatic carbocycles. The normalized spacial score (nSPS) is 10.5. The molecule has 0 spiro atoms. The lowest BCUT2D eigenvalue weighted by molar-refractivity contribution is 0.0803. The third-order valence-electron chi connectivity index (χ3n) is 2.48. The van der Waals surface area contributed by atoms with E-state index in [9.17, 15) is 4.79 Å². The molecular weight excluding hydrogens is 238 g/mol. The smallest absolute Gasteiger partial charge is 0.253 e. The minimum atomic E-state index is -0.0572. The summed E-state index contributed by atoms with van der Waals surface area (Å²) in [5, 5.41) is 0. The van der Waals surface area contributed by atoms with Crippen LogP contribution in [0.15, 0.2) is 30.6 Å². The van der Waals surface area contributed by atoms with Crippen molar-refractivity contribution >= 4 is 28.5 Å². The second kappa shape index (κ2) is 5.10. The highest BCUT2D eigenvalue weighted by Crippen LogP contribution is 2.12. The van der Waals surface area contributed by atoms with E-state index in [1.807, 2.05) is 0 Å². The Morgan fingerprint density at radius 2 is 2.00 bits per heavy atom. The van der Waals surface area contributed by atoms with Crippen LogP contribution in [0.1, 0.15) is 10.4 Å². The molecule has 0 aliphatic heterocycles. The summed E-state index contributed by atoms with van der Waals surface area (Å²) in [4.78, 5) is 21.9. The molecule has 0 saturated carbocycles. The molecule has 0 N–H and O–H groups in total. The van der Waals surface area contributed by atoms with Gasteiger partial charge in [0, 0.05) is 37.4 Å². The van der Waals surface area contributed by atoms with Gasteiger partial charge in [-0.3, -0.25) is 14.8 Å².